The number of ether oxygens (including phenoxy) is 1. The van der Waals surface area contributed by atoms with Crippen LogP contribution in [0.3, 0.4) is 0 Å². The fourth-order valence-corrected chi connectivity index (χ4v) is 0.657. The van der Waals surface area contributed by atoms with Crippen LogP contribution in [-0.2, 0) is 16.0 Å². The van der Waals surface area contributed by atoms with Crippen LogP contribution < -0.4 is 0 Å². The molecule has 1 aromatic rings. The highest BCUT2D eigenvalue weighted by Gasteiger charge is 1.92. The molecule has 1 aromatic heterocycles. The van der Waals surface area contributed by atoms with Crippen molar-refractivity contribution in [3.63, 3.8) is 0 Å². The first-order valence-corrected chi connectivity index (χ1v) is 3.24. The number of rotatable bonds is 4. The molecular weight excluding hydrogens is 144 g/mol. The summed E-state index contributed by atoms with van der Waals surface area (Å²) < 4.78 is 4.48. The average Bonchev–Trinajstić information content (AvgIpc) is 2.07. The lowest BCUT2D eigenvalue weighted by Gasteiger charge is -1.95. The van der Waals surface area contributed by atoms with E-state index in [2.05, 4.69) is 14.7 Å². The molecule has 0 aromatic carbocycles. The highest BCUT2D eigenvalue weighted by atomic mass is 16.5. The average molecular weight is 152 g/mol. The van der Waals surface area contributed by atoms with Crippen LogP contribution >= 0.6 is 0 Å². The Kier molecular flexibility index (Phi) is 3.05. The summed E-state index contributed by atoms with van der Waals surface area (Å²) in [6.45, 7) is 0.760. The summed E-state index contributed by atoms with van der Waals surface area (Å²) in [4.78, 5) is 17.6. The lowest BCUT2D eigenvalue weighted by molar-refractivity contribution is -0.128. The van der Waals surface area contributed by atoms with Gasteiger partial charge in [0, 0.05) is 18.8 Å². The maximum Gasteiger partial charge on any atom is 0.293 e. The van der Waals surface area contributed by atoms with E-state index in [4.69, 9.17) is 0 Å². The second-order valence-electron chi connectivity index (χ2n) is 1.88. The van der Waals surface area contributed by atoms with Crippen LogP contribution in [0, 0.1) is 0 Å². The molecule has 1 heterocycles. The lowest BCUT2D eigenvalue weighted by Crippen LogP contribution is -2.00. The number of nitrogens with zero attached hydrogens (tertiary/aromatic N) is 2. The maximum atomic E-state index is 9.73. The molecule has 0 radical (unpaired) electrons. The Morgan fingerprint density at radius 1 is 1.45 bits per heavy atom. The van der Waals surface area contributed by atoms with Gasteiger partial charge in [-0.25, -0.2) is 9.97 Å². The van der Waals surface area contributed by atoms with Crippen LogP contribution in [-0.4, -0.2) is 23.0 Å². The van der Waals surface area contributed by atoms with E-state index in [9.17, 15) is 4.79 Å². The number of carbonyl (C=O) groups is 1. The van der Waals surface area contributed by atoms with Gasteiger partial charge in [-0.2, -0.15) is 0 Å². The highest BCUT2D eigenvalue weighted by Crippen LogP contribution is 1.88. The Bertz CT molecular complexity index is 213. The molecule has 0 spiro atoms. The minimum absolute atomic E-state index is 0.341. The van der Waals surface area contributed by atoms with Crippen LogP contribution in [0.1, 0.15) is 5.82 Å². The quantitative estimate of drug-likeness (QED) is 0.456. The second-order valence-corrected chi connectivity index (χ2v) is 1.88. The number of aromatic nitrogens is 2. The van der Waals surface area contributed by atoms with Crippen LogP contribution in [0.4, 0.5) is 0 Å². The van der Waals surface area contributed by atoms with E-state index < -0.39 is 0 Å². The summed E-state index contributed by atoms with van der Waals surface area (Å²) in [6, 6.07) is 1.74. The van der Waals surface area contributed by atoms with Gasteiger partial charge in [-0.3, -0.25) is 4.79 Å². The van der Waals surface area contributed by atoms with E-state index in [-0.39, 0.29) is 0 Å². The highest BCUT2D eigenvalue weighted by molar-refractivity contribution is 5.36. The van der Waals surface area contributed by atoms with Crippen LogP contribution in [0.25, 0.3) is 0 Å². The van der Waals surface area contributed by atoms with Crippen molar-refractivity contribution in [2.75, 3.05) is 6.61 Å². The van der Waals surface area contributed by atoms with E-state index in [0.717, 1.165) is 0 Å². The van der Waals surface area contributed by atoms with Crippen molar-refractivity contribution in [1.82, 2.24) is 9.97 Å². The van der Waals surface area contributed by atoms with Gasteiger partial charge in [0.1, 0.15) is 5.82 Å². The minimum Gasteiger partial charge on any atom is -0.467 e. The molecule has 4 nitrogen and oxygen atoms in total. The van der Waals surface area contributed by atoms with Gasteiger partial charge in [0.15, 0.2) is 0 Å². The molecule has 4 heteroatoms. The van der Waals surface area contributed by atoms with Crippen molar-refractivity contribution < 1.29 is 9.53 Å². The van der Waals surface area contributed by atoms with Gasteiger partial charge in [0.05, 0.1) is 6.61 Å². The van der Waals surface area contributed by atoms with Crippen molar-refractivity contribution in [3.05, 3.63) is 24.3 Å². The molecule has 0 bridgehead atoms. The zero-order valence-electron chi connectivity index (χ0n) is 5.93. The Morgan fingerprint density at radius 3 is 2.82 bits per heavy atom. The molecule has 0 amide bonds. The zero-order chi connectivity index (χ0) is 7.94. The van der Waals surface area contributed by atoms with E-state index in [1.54, 1.807) is 18.5 Å². The number of hydrogen-bond acceptors (Lipinski definition) is 4. The first-order chi connectivity index (χ1) is 5.43. The van der Waals surface area contributed by atoms with Gasteiger partial charge in [0.25, 0.3) is 6.47 Å². The molecule has 0 aliphatic heterocycles. The Labute approximate surface area is 64.2 Å². The first-order valence-electron chi connectivity index (χ1n) is 3.24. The standard InChI is InChI=1S/C7H8N2O2/c10-6-11-5-2-7-8-3-1-4-9-7/h1,3-4,6H,2,5H2. The molecule has 0 N–H and O–H groups in total. The van der Waals surface area contributed by atoms with Crippen LogP contribution in [0.15, 0.2) is 18.5 Å². The number of carbonyl (C=O) groups excluding carboxylic acids is 1. The van der Waals surface area contributed by atoms with Gasteiger partial charge >= 0.3 is 0 Å². The zero-order valence-corrected chi connectivity index (χ0v) is 5.93. The van der Waals surface area contributed by atoms with Crippen LogP contribution in [0.5, 0.6) is 0 Å². The van der Waals surface area contributed by atoms with Gasteiger partial charge in [-0.15, -0.1) is 0 Å². The third-order valence-corrected chi connectivity index (χ3v) is 1.13. The predicted octanol–water partition coefficient (Wildman–Crippen LogP) is 0.192. The molecule has 58 valence electrons. The third kappa shape index (κ3) is 2.75. The normalized spacial score (nSPS) is 9.09. The Morgan fingerprint density at radius 2 is 2.18 bits per heavy atom. The molecule has 0 atom stereocenters. The second kappa shape index (κ2) is 4.38. The van der Waals surface area contributed by atoms with Gasteiger partial charge in [-0.05, 0) is 6.07 Å². The largest absolute Gasteiger partial charge is 0.467 e. The van der Waals surface area contributed by atoms with Crippen molar-refractivity contribution >= 4 is 6.47 Å². The minimum atomic E-state index is 0.341. The summed E-state index contributed by atoms with van der Waals surface area (Å²) in [6.07, 6.45) is 3.88. The third-order valence-electron chi connectivity index (χ3n) is 1.13. The van der Waals surface area contributed by atoms with E-state index in [1.165, 1.54) is 0 Å². The van der Waals surface area contributed by atoms with Crippen molar-refractivity contribution in [3.8, 4) is 0 Å². The summed E-state index contributed by atoms with van der Waals surface area (Å²) in [7, 11) is 0. The molecule has 0 aliphatic carbocycles. The molecule has 1 rings (SSSR count). The number of hydrogen-bond donors (Lipinski definition) is 0. The topological polar surface area (TPSA) is 52.1 Å². The van der Waals surface area contributed by atoms with E-state index >= 15 is 0 Å². The monoisotopic (exact) mass is 152 g/mol. The summed E-state index contributed by atoms with van der Waals surface area (Å²) in [5, 5.41) is 0. The fraction of sp³-hybridized carbons (Fsp3) is 0.286. The van der Waals surface area contributed by atoms with Crippen molar-refractivity contribution in [1.29, 1.82) is 0 Å². The van der Waals surface area contributed by atoms with Gasteiger partial charge in [0.2, 0.25) is 0 Å². The van der Waals surface area contributed by atoms with E-state index in [0.29, 0.717) is 25.3 Å². The summed E-state index contributed by atoms with van der Waals surface area (Å²) in [5.41, 5.74) is 0. The molecule has 11 heavy (non-hydrogen) atoms. The van der Waals surface area contributed by atoms with Crippen molar-refractivity contribution in [2.24, 2.45) is 0 Å². The predicted molar refractivity (Wildman–Crippen MR) is 37.8 cm³/mol. The molecule has 0 saturated carbocycles. The summed E-state index contributed by atoms with van der Waals surface area (Å²) in [5.74, 6) is 0.689. The lowest BCUT2D eigenvalue weighted by atomic mass is 10.4. The molecule has 0 fully saturated rings. The molecule has 0 aliphatic rings. The molecule has 0 unspecified atom stereocenters. The molecule has 0 saturated heterocycles. The van der Waals surface area contributed by atoms with E-state index in [1.807, 2.05) is 0 Å². The Balaban J connectivity index is 2.33. The fourth-order valence-electron chi connectivity index (χ4n) is 0.657. The Hall–Kier alpha value is -1.45. The first kappa shape index (κ1) is 7.65. The summed E-state index contributed by atoms with van der Waals surface area (Å²) >= 11 is 0. The van der Waals surface area contributed by atoms with Crippen molar-refractivity contribution in [2.45, 2.75) is 6.42 Å². The van der Waals surface area contributed by atoms with Gasteiger partial charge in [-0.1, -0.05) is 0 Å². The van der Waals surface area contributed by atoms with Gasteiger partial charge < -0.3 is 4.74 Å². The molecular formula is C7H8N2O2. The SMILES string of the molecule is O=COCCc1ncccn1. The van der Waals surface area contributed by atoms with Crippen LogP contribution in [0.2, 0.25) is 0 Å². The smallest absolute Gasteiger partial charge is 0.293 e. The maximum absolute atomic E-state index is 9.73.